The second-order valence-corrected chi connectivity index (χ2v) is 5.07. The van der Waals surface area contributed by atoms with Gasteiger partial charge in [-0.1, -0.05) is 0 Å². The van der Waals surface area contributed by atoms with Gasteiger partial charge < -0.3 is 9.88 Å². The maximum absolute atomic E-state index is 4.46. The summed E-state index contributed by atoms with van der Waals surface area (Å²) in [6, 6.07) is 2.00. The lowest BCUT2D eigenvalue weighted by atomic mass is 10.2. The summed E-state index contributed by atoms with van der Waals surface area (Å²) in [5.41, 5.74) is 4.36. The molecule has 0 radical (unpaired) electrons. The maximum Gasteiger partial charge on any atom is 0.142 e. The monoisotopic (exact) mass is 270 g/mol. The predicted octanol–water partition coefficient (Wildman–Crippen LogP) is 1.94. The number of rotatable bonds is 3. The van der Waals surface area contributed by atoms with Crippen molar-refractivity contribution in [3.8, 4) is 0 Å². The molecule has 3 heterocycles. The van der Waals surface area contributed by atoms with Gasteiger partial charge in [0.25, 0.3) is 0 Å². The third-order valence-electron chi connectivity index (χ3n) is 3.75. The van der Waals surface area contributed by atoms with E-state index in [9.17, 15) is 0 Å². The Morgan fingerprint density at radius 3 is 2.80 bits per heavy atom. The van der Waals surface area contributed by atoms with Crippen molar-refractivity contribution >= 4 is 16.9 Å². The normalized spacial score (nSPS) is 11.2. The molecule has 6 heteroatoms. The van der Waals surface area contributed by atoms with E-state index >= 15 is 0 Å². The first kappa shape index (κ1) is 12.7. The second-order valence-electron chi connectivity index (χ2n) is 5.07. The Kier molecular flexibility index (Phi) is 2.93. The Bertz CT molecular complexity index is 754. The minimum Gasteiger partial charge on any atom is -0.355 e. The smallest absolute Gasteiger partial charge is 0.142 e. The highest BCUT2D eigenvalue weighted by Crippen LogP contribution is 2.23. The number of H-pyrrole nitrogens is 1. The van der Waals surface area contributed by atoms with E-state index in [0.717, 1.165) is 29.1 Å². The molecule has 0 saturated heterocycles. The Hall–Kier alpha value is -2.37. The van der Waals surface area contributed by atoms with E-state index in [2.05, 4.69) is 31.9 Å². The summed E-state index contributed by atoms with van der Waals surface area (Å²) in [5, 5.41) is 5.50. The Morgan fingerprint density at radius 1 is 1.30 bits per heavy atom. The Labute approximate surface area is 117 Å². The van der Waals surface area contributed by atoms with E-state index in [-0.39, 0.29) is 0 Å². The fourth-order valence-corrected chi connectivity index (χ4v) is 2.52. The molecule has 1 N–H and O–H groups in total. The zero-order valence-electron chi connectivity index (χ0n) is 12.2. The molecule has 0 aliphatic rings. The number of anilines is 1. The van der Waals surface area contributed by atoms with Crippen LogP contribution >= 0.6 is 0 Å². The fourth-order valence-electron chi connectivity index (χ4n) is 2.52. The van der Waals surface area contributed by atoms with E-state index < -0.39 is 0 Å². The first-order chi connectivity index (χ1) is 9.58. The van der Waals surface area contributed by atoms with Crippen molar-refractivity contribution in [2.24, 2.45) is 7.05 Å². The fraction of sp³-hybridized carbons (Fsp3) is 0.357. The largest absolute Gasteiger partial charge is 0.355 e. The summed E-state index contributed by atoms with van der Waals surface area (Å²) < 4.78 is 1.92. The molecule has 0 atom stereocenters. The van der Waals surface area contributed by atoms with Crippen LogP contribution in [0.2, 0.25) is 0 Å². The number of fused-ring (bicyclic) bond motifs is 1. The van der Waals surface area contributed by atoms with Crippen LogP contribution in [-0.4, -0.2) is 31.8 Å². The van der Waals surface area contributed by atoms with Crippen LogP contribution in [0.1, 0.15) is 17.0 Å². The predicted molar refractivity (Wildman–Crippen MR) is 78.7 cm³/mol. The number of hydrogen-bond acceptors (Lipinski definition) is 4. The van der Waals surface area contributed by atoms with Gasteiger partial charge in [-0.05, 0) is 19.9 Å². The zero-order valence-corrected chi connectivity index (χ0v) is 12.2. The molecule has 0 aliphatic carbocycles. The van der Waals surface area contributed by atoms with E-state index in [0.29, 0.717) is 0 Å². The molecule has 0 aromatic carbocycles. The third kappa shape index (κ3) is 1.93. The van der Waals surface area contributed by atoms with Gasteiger partial charge in [-0.15, -0.1) is 0 Å². The standard InChI is InChI=1S/C14H18N6/c1-9-12(10(2)20(4)18-9)7-19(3)14-11-5-6-15-13(11)16-8-17-14/h5-6,8H,7H2,1-4H3,(H,15,16,17). The molecule has 20 heavy (non-hydrogen) atoms. The van der Waals surface area contributed by atoms with Crippen molar-refractivity contribution in [1.29, 1.82) is 0 Å². The molecule has 0 fully saturated rings. The van der Waals surface area contributed by atoms with Gasteiger partial charge in [-0.25, -0.2) is 9.97 Å². The quantitative estimate of drug-likeness (QED) is 0.790. The molecule has 3 aromatic rings. The zero-order chi connectivity index (χ0) is 14.3. The summed E-state index contributed by atoms with van der Waals surface area (Å²) in [4.78, 5) is 13.9. The maximum atomic E-state index is 4.46. The van der Waals surface area contributed by atoms with Crippen LogP contribution in [0.15, 0.2) is 18.6 Å². The number of aryl methyl sites for hydroxylation is 2. The summed E-state index contributed by atoms with van der Waals surface area (Å²) in [5.74, 6) is 0.930. The van der Waals surface area contributed by atoms with E-state index in [1.807, 2.05) is 38.0 Å². The lowest BCUT2D eigenvalue weighted by Crippen LogP contribution is -2.19. The van der Waals surface area contributed by atoms with Gasteiger partial charge in [0.05, 0.1) is 11.1 Å². The van der Waals surface area contributed by atoms with Crippen molar-refractivity contribution in [3.05, 3.63) is 35.5 Å². The van der Waals surface area contributed by atoms with E-state index in [1.54, 1.807) is 6.33 Å². The number of nitrogens with one attached hydrogen (secondary N) is 1. The van der Waals surface area contributed by atoms with Crippen LogP contribution in [-0.2, 0) is 13.6 Å². The lowest BCUT2D eigenvalue weighted by molar-refractivity contribution is 0.729. The molecule has 0 spiro atoms. The Balaban J connectivity index is 1.97. The highest BCUT2D eigenvalue weighted by Gasteiger charge is 2.14. The van der Waals surface area contributed by atoms with Gasteiger partial charge in [-0.3, -0.25) is 4.68 Å². The number of nitrogens with zero attached hydrogens (tertiary/aromatic N) is 5. The van der Waals surface area contributed by atoms with Gasteiger partial charge in [0.15, 0.2) is 0 Å². The van der Waals surface area contributed by atoms with E-state index in [1.165, 1.54) is 11.3 Å². The van der Waals surface area contributed by atoms with Crippen molar-refractivity contribution in [3.63, 3.8) is 0 Å². The molecule has 0 saturated carbocycles. The number of hydrogen-bond donors (Lipinski definition) is 1. The van der Waals surface area contributed by atoms with Crippen LogP contribution < -0.4 is 4.90 Å². The SMILES string of the molecule is Cc1nn(C)c(C)c1CN(C)c1ncnc2[nH]ccc12. The van der Waals surface area contributed by atoms with Crippen LogP contribution in [0, 0.1) is 13.8 Å². The molecular weight excluding hydrogens is 252 g/mol. The molecule has 0 unspecified atom stereocenters. The number of aromatic amines is 1. The summed E-state index contributed by atoms with van der Waals surface area (Å²) in [6.45, 7) is 4.92. The molecule has 0 amide bonds. The minimum absolute atomic E-state index is 0.781. The summed E-state index contributed by atoms with van der Waals surface area (Å²) >= 11 is 0. The van der Waals surface area contributed by atoms with Crippen LogP contribution in [0.5, 0.6) is 0 Å². The minimum atomic E-state index is 0.781. The van der Waals surface area contributed by atoms with Crippen LogP contribution in [0.25, 0.3) is 11.0 Å². The van der Waals surface area contributed by atoms with Crippen LogP contribution in [0.3, 0.4) is 0 Å². The van der Waals surface area contributed by atoms with Gasteiger partial charge in [0.1, 0.15) is 17.8 Å². The molecule has 3 rings (SSSR count). The van der Waals surface area contributed by atoms with Gasteiger partial charge in [-0.2, -0.15) is 5.10 Å². The van der Waals surface area contributed by atoms with Crippen molar-refractivity contribution < 1.29 is 0 Å². The summed E-state index contributed by atoms with van der Waals surface area (Å²) in [7, 11) is 4.02. The molecule has 104 valence electrons. The third-order valence-corrected chi connectivity index (χ3v) is 3.75. The number of aromatic nitrogens is 5. The lowest BCUT2D eigenvalue weighted by Gasteiger charge is -2.19. The second kappa shape index (κ2) is 4.63. The van der Waals surface area contributed by atoms with Crippen LogP contribution in [0.4, 0.5) is 5.82 Å². The van der Waals surface area contributed by atoms with Crippen molar-refractivity contribution in [2.75, 3.05) is 11.9 Å². The molecule has 6 nitrogen and oxygen atoms in total. The highest BCUT2D eigenvalue weighted by atomic mass is 15.3. The Morgan fingerprint density at radius 2 is 2.10 bits per heavy atom. The van der Waals surface area contributed by atoms with Gasteiger partial charge in [0.2, 0.25) is 0 Å². The molecule has 3 aromatic heterocycles. The molecule has 0 aliphatic heterocycles. The average molecular weight is 270 g/mol. The van der Waals surface area contributed by atoms with Gasteiger partial charge >= 0.3 is 0 Å². The molecule has 0 bridgehead atoms. The molecular formula is C14H18N6. The van der Waals surface area contributed by atoms with Gasteiger partial charge in [0, 0.05) is 38.1 Å². The summed E-state index contributed by atoms with van der Waals surface area (Å²) in [6.07, 6.45) is 3.48. The first-order valence-electron chi connectivity index (χ1n) is 6.56. The van der Waals surface area contributed by atoms with Crippen molar-refractivity contribution in [1.82, 2.24) is 24.7 Å². The van der Waals surface area contributed by atoms with Crippen molar-refractivity contribution in [2.45, 2.75) is 20.4 Å². The highest BCUT2D eigenvalue weighted by molar-refractivity contribution is 5.87. The van der Waals surface area contributed by atoms with E-state index in [4.69, 9.17) is 0 Å². The topological polar surface area (TPSA) is 62.6 Å². The average Bonchev–Trinajstić information content (AvgIpc) is 2.99. The first-order valence-corrected chi connectivity index (χ1v) is 6.56.